The molecule has 0 saturated heterocycles. The van der Waals surface area contributed by atoms with Crippen LogP contribution in [-0.2, 0) is 6.54 Å². The fourth-order valence-electron chi connectivity index (χ4n) is 2.67. The summed E-state index contributed by atoms with van der Waals surface area (Å²) in [4.78, 5) is 12.5. The lowest BCUT2D eigenvalue weighted by atomic mass is 10.1. The molecule has 3 aromatic rings. The maximum atomic E-state index is 12.5. The molecule has 0 saturated carbocycles. The molecule has 1 N–H and O–H groups in total. The number of aromatic nitrogens is 1. The Morgan fingerprint density at radius 1 is 1.22 bits per heavy atom. The van der Waals surface area contributed by atoms with Crippen LogP contribution in [-0.4, -0.2) is 17.0 Å². The first-order chi connectivity index (χ1) is 11.1. The zero-order valence-electron chi connectivity index (χ0n) is 13.6. The van der Waals surface area contributed by atoms with Crippen LogP contribution in [0.1, 0.15) is 36.3 Å². The van der Waals surface area contributed by atoms with Gasteiger partial charge in [-0.3, -0.25) is 4.79 Å². The van der Waals surface area contributed by atoms with Crippen molar-refractivity contribution in [3.8, 4) is 0 Å². The van der Waals surface area contributed by atoms with Gasteiger partial charge in [-0.15, -0.1) is 0 Å². The Kier molecular flexibility index (Phi) is 4.51. The van der Waals surface area contributed by atoms with Crippen molar-refractivity contribution in [2.24, 2.45) is 5.92 Å². The summed E-state index contributed by atoms with van der Waals surface area (Å²) in [6.45, 7) is 5.64. The third kappa shape index (κ3) is 3.47. The first-order valence-electron chi connectivity index (χ1n) is 8.04. The number of hydrogen-bond acceptors (Lipinski definition) is 2. The van der Waals surface area contributed by atoms with Crippen LogP contribution in [0.3, 0.4) is 0 Å². The molecule has 120 valence electrons. The van der Waals surface area contributed by atoms with Gasteiger partial charge in [0.15, 0.2) is 5.58 Å². The van der Waals surface area contributed by atoms with Crippen molar-refractivity contribution in [2.75, 3.05) is 6.54 Å². The summed E-state index contributed by atoms with van der Waals surface area (Å²) in [5, 5.41) is 3.01. The Morgan fingerprint density at radius 3 is 2.74 bits per heavy atom. The molecule has 4 nitrogen and oxygen atoms in total. The molecule has 0 unspecified atom stereocenters. The van der Waals surface area contributed by atoms with Crippen LogP contribution in [0, 0.1) is 5.92 Å². The molecule has 0 radical (unpaired) electrons. The molecule has 0 spiro atoms. The summed E-state index contributed by atoms with van der Waals surface area (Å²) in [7, 11) is 0. The van der Waals surface area contributed by atoms with Crippen molar-refractivity contribution in [2.45, 2.75) is 26.8 Å². The highest BCUT2D eigenvalue weighted by Crippen LogP contribution is 2.22. The highest BCUT2D eigenvalue weighted by atomic mass is 16.3. The molecular weight excluding hydrogens is 288 g/mol. The summed E-state index contributed by atoms with van der Waals surface area (Å²) in [6.07, 6.45) is 2.63. The predicted octanol–water partition coefficient (Wildman–Crippen LogP) is 4.06. The van der Waals surface area contributed by atoms with Crippen LogP contribution in [0.25, 0.3) is 11.1 Å². The smallest absolute Gasteiger partial charge is 0.268 e. The number of benzene rings is 1. The average molecular weight is 310 g/mol. The van der Waals surface area contributed by atoms with E-state index in [1.807, 2.05) is 34.9 Å². The highest BCUT2D eigenvalue weighted by Gasteiger charge is 2.17. The van der Waals surface area contributed by atoms with E-state index in [4.69, 9.17) is 4.42 Å². The van der Waals surface area contributed by atoms with Gasteiger partial charge in [0.2, 0.25) is 0 Å². The van der Waals surface area contributed by atoms with Gasteiger partial charge in [0.05, 0.1) is 11.8 Å². The number of furan rings is 1. The lowest BCUT2D eigenvalue weighted by Gasteiger charge is -2.11. The standard InChI is InChI=1S/C19H22N2O2/c1-14(2)8-10-20-19(22)17-12-18-16(9-11-23-18)21(17)13-15-6-4-3-5-7-15/h3-7,9,11-12,14H,8,10,13H2,1-2H3,(H,20,22). The van der Waals surface area contributed by atoms with Crippen molar-refractivity contribution in [3.05, 3.63) is 60.0 Å². The molecule has 0 fully saturated rings. The lowest BCUT2D eigenvalue weighted by molar-refractivity contribution is 0.0943. The normalized spacial score (nSPS) is 11.3. The quantitative estimate of drug-likeness (QED) is 0.746. The summed E-state index contributed by atoms with van der Waals surface area (Å²) >= 11 is 0. The molecule has 0 bridgehead atoms. The van der Waals surface area contributed by atoms with Gasteiger partial charge in [0.25, 0.3) is 5.91 Å². The van der Waals surface area contributed by atoms with Gasteiger partial charge in [0.1, 0.15) is 5.69 Å². The number of fused-ring (bicyclic) bond motifs is 1. The van der Waals surface area contributed by atoms with Gasteiger partial charge >= 0.3 is 0 Å². The van der Waals surface area contributed by atoms with Crippen LogP contribution in [0.2, 0.25) is 0 Å². The van der Waals surface area contributed by atoms with Crippen LogP contribution in [0.5, 0.6) is 0 Å². The molecular formula is C19H22N2O2. The van der Waals surface area contributed by atoms with E-state index in [1.54, 1.807) is 6.26 Å². The van der Waals surface area contributed by atoms with E-state index in [9.17, 15) is 4.79 Å². The highest BCUT2D eigenvalue weighted by molar-refractivity contribution is 5.97. The van der Waals surface area contributed by atoms with Gasteiger partial charge in [-0.25, -0.2) is 0 Å². The SMILES string of the molecule is CC(C)CCNC(=O)c1cc2occc2n1Cc1ccccc1. The summed E-state index contributed by atoms with van der Waals surface area (Å²) in [6, 6.07) is 13.9. The van der Waals surface area contributed by atoms with Gasteiger partial charge in [0, 0.05) is 25.2 Å². The van der Waals surface area contributed by atoms with E-state index in [0.717, 1.165) is 23.1 Å². The predicted molar refractivity (Wildman–Crippen MR) is 91.5 cm³/mol. The molecule has 1 amide bonds. The number of carbonyl (C=O) groups excluding carboxylic acids is 1. The molecule has 0 atom stereocenters. The maximum Gasteiger partial charge on any atom is 0.268 e. The molecule has 0 aliphatic rings. The first-order valence-corrected chi connectivity index (χ1v) is 8.04. The maximum absolute atomic E-state index is 12.5. The van der Waals surface area contributed by atoms with E-state index >= 15 is 0 Å². The summed E-state index contributed by atoms with van der Waals surface area (Å²) in [5.41, 5.74) is 3.49. The zero-order valence-corrected chi connectivity index (χ0v) is 13.6. The van der Waals surface area contributed by atoms with Gasteiger partial charge in [-0.2, -0.15) is 0 Å². The Labute approximate surface area is 136 Å². The van der Waals surface area contributed by atoms with Crippen LogP contribution < -0.4 is 5.32 Å². The Hall–Kier alpha value is -2.49. The Morgan fingerprint density at radius 2 is 2.00 bits per heavy atom. The minimum atomic E-state index is -0.0482. The second kappa shape index (κ2) is 6.73. The molecule has 3 rings (SSSR count). The second-order valence-electron chi connectivity index (χ2n) is 6.21. The number of nitrogens with zero attached hydrogens (tertiary/aromatic N) is 1. The van der Waals surface area contributed by atoms with Crippen molar-refractivity contribution >= 4 is 17.0 Å². The minimum absolute atomic E-state index is 0.0482. The Balaban J connectivity index is 1.86. The van der Waals surface area contributed by atoms with Crippen molar-refractivity contribution in [1.29, 1.82) is 0 Å². The number of nitrogens with one attached hydrogen (secondary N) is 1. The molecule has 0 aliphatic carbocycles. The van der Waals surface area contributed by atoms with Crippen molar-refractivity contribution < 1.29 is 9.21 Å². The van der Waals surface area contributed by atoms with E-state index in [-0.39, 0.29) is 5.91 Å². The summed E-state index contributed by atoms with van der Waals surface area (Å²) < 4.78 is 7.48. The fourth-order valence-corrected chi connectivity index (χ4v) is 2.67. The number of amides is 1. The third-order valence-corrected chi connectivity index (χ3v) is 3.95. The van der Waals surface area contributed by atoms with Gasteiger partial charge < -0.3 is 14.3 Å². The van der Waals surface area contributed by atoms with Crippen LogP contribution in [0.4, 0.5) is 0 Å². The van der Waals surface area contributed by atoms with Gasteiger partial charge in [-0.1, -0.05) is 44.2 Å². The molecule has 0 aliphatic heterocycles. The number of carbonyl (C=O) groups is 1. The number of hydrogen-bond donors (Lipinski definition) is 1. The fraction of sp³-hybridized carbons (Fsp3) is 0.316. The largest absolute Gasteiger partial charge is 0.463 e. The van der Waals surface area contributed by atoms with E-state index in [2.05, 4.69) is 31.3 Å². The minimum Gasteiger partial charge on any atom is -0.463 e. The molecule has 2 aromatic heterocycles. The molecule has 4 heteroatoms. The molecule has 23 heavy (non-hydrogen) atoms. The van der Waals surface area contributed by atoms with Crippen LogP contribution in [0.15, 0.2) is 53.1 Å². The first kappa shape index (κ1) is 15.4. The number of rotatable bonds is 6. The molecule has 1 aromatic carbocycles. The summed E-state index contributed by atoms with van der Waals surface area (Å²) in [5.74, 6) is 0.524. The van der Waals surface area contributed by atoms with E-state index < -0.39 is 0 Å². The van der Waals surface area contributed by atoms with Crippen molar-refractivity contribution in [1.82, 2.24) is 9.88 Å². The average Bonchev–Trinajstić information content (AvgIpc) is 3.10. The van der Waals surface area contributed by atoms with Crippen molar-refractivity contribution in [3.63, 3.8) is 0 Å². The lowest BCUT2D eigenvalue weighted by Crippen LogP contribution is -2.27. The third-order valence-electron chi connectivity index (χ3n) is 3.95. The monoisotopic (exact) mass is 310 g/mol. The van der Waals surface area contributed by atoms with Gasteiger partial charge in [-0.05, 0) is 17.9 Å². The Bertz CT molecular complexity index is 784. The van der Waals surface area contributed by atoms with Crippen LogP contribution >= 0.6 is 0 Å². The topological polar surface area (TPSA) is 47.2 Å². The van der Waals surface area contributed by atoms with E-state index in [0.29, 0.717) is 24.7 Å². The molecule has 2 heterocycles. The zero-order chi connectivity index (χ0) is 16.2. The van der Waals surface area contributed by atoms with E-state index in [1.165, 1.54) is 0 Å². The second-order valence-corrected chi connectivity index (χ2v) is 6.21.